The fourth-order valence-electron chi connectivity index (χ4n) is 3.16. The molecule has 1 atom stereocenters. The third-order valence-corrected chi connectivity index (χ3v) is 4.33. The van der Waals surface area contributed by atoms with Crippen molar-refractivity contribution in [2.45, 2.75) is 31.9 Å². The number of hydrogen-bond donors (Lipinski definition) is 1. The van der Waals surface area contributed by atoms with Crippen molar-refractivity contribution in [3.63, 3.8) is 0 Å². The van der Waals surface area contributed by atoms with Crippen LogP contribution in [0.25, 0.3) is 0 Å². The predicted octanol–water partition coefficient (Wildman–Crippen LogP) is 3.74. The van der Waals surface area contributed by atoms with E-state index in [9.17, 15) is 4.79 Å². The van der Waals surface area contributed by atoms with Crippen molar-refractivity contribution >= 4 is 5.91 Å². The van der Waals surface area contributed by atoms with Crippen molar-refractivity contribution in [1.82, 2.24) is 5.32 Å². The van der Waals surface area contributed by atoms with Crippen LogP contribution in [-0.2, 0) is 0 Å². The molecule has 132 valence electrons. The van der Waals surface area contributed by atoms with Crippen LogP contribution in [-0.4, -0.2) is 25.7 Å². The number of carbonyl (C=O) groups is 1. The van der Waals surface area contributed by atoms with Crippen LogP contribution in [0.5, 0.6) is 17.2 Å². The molecule has 0 saturated carbocycles. The van der Waals surface area contributed by atoms with Crippen molar-refractivity contribution in [2.75, 3.05) is 14.2 Å². The summed E-state index contributed by atoms with van der Waals surface area (Å²) in [6.07, 6.45) is 0.661. The quantitative estimate of drug-likeness (QED) is 0.920. The fourth-order valence-corrected chi connectivity index (χ4v) is 3.16. The molecule has 0 fully saturated rings. The Morgan fingerprint density at radius 2 is 1.92 bits per heavy atom. The number of fused-ring (bicyclic) bond motifs is 1. The minimum absolute atomic E-state index is 0.172. The molecule has 0 radical (unpaired) electrons. The van der Waals surface area contributed by atoms with Crippen molar-refractivity contribution < 1.29 is 19.0 Å². The minimum atomic E-state index is -0.375. The summed E-state index contributed by atoms with van der Waals surface area (Å²) in [6.45, 7) is 4.03. The highest BCUT2D eigenvalue weighted by Crippen LogP contribution is 2.41. The number of methoxy groups -OCH3 is 2. The average molecular weight is 341 g/mol. The van der Waals surface area contributed by atoms with E-state index in [1.165, 1.54) is 0 Å². The van der Waals surface area contributed by atoms with Gasteiger partial charge in [0.2, 0.25) is 0 Å². The molecule has 0 unspecified atom stereocenters. The molecule has 1 aliphatic rings. The van der Waals surface area contributed by atoms with Gasteiger partial charge in [-0.1, -0.05) is 12.1 Å². The lowest BCUT2D eigenvalue weighted by Gasteiger charge is -2.38. The second-order valence-electron chi connectivity index (χ2n) is 6.70. The number of ether oxygens (including phenoxy) is 3. The van der Waals surface area contributed by atoms with Gasteiger partial charge in [-0.25, -0.2) is 0 Å². The molecule has 0 aromatic heterocycles. The number of amides is 1. The van der Waals surface area contributed by atoms with E-state index in [4.69, 9.17) is 14.2 Å². The summed E-state index contributed by atoms with van der Waals surface area (Å²) >= 11 is 0. The van der Waals surface area contributed by atoms with Gasteiger partial charge in [-0.05, 0) is 44.2 Å². The first-order chi connectivity index (χ1) is 11.9. The van der Waals surface area contributed by atoms with Crippen LogP contribution in [0.2, 0.25) is 0 Å². The van der Waals surface area contributed by atoms with E-state index in [0.29, 0.717) is 17.7 Å². The van der Waals surface area contributed by atoms with Gasteiger partial charge in [0.15, 0.2) is 0 Å². The molecule has 0 saturated heterocycles. The molecule has 25 heavy (non-hydrogen) atoms. The maximum Gasteiger partial charge on any atom is 0.255 e. The third kappa shape index (κ3) is 3.55. The molecule has 1 N–H and O–H groups in total. The molecule has 2 aromatic carbocycles. The van der Waals surface area contributed by atoms with Gasteiger partial charge < -0.3 is 19.5 Å². The lowest BCUT2D eigenvalue weighted by atomic mass is 9.89. The van der Waals surface area contributed by atoms with Gasteiger partial charge in [-0.3, -0.25) is 4.79 Å². The van der Waals surface area contributed by atoms with E-state index in [1.54, 1.807) is 26.4 Å². The molecule has 0 bridgehead atoms. The first kappa shape index (κ1) is 17.1. The molecular formula is C20H23NO4. The summed E-state index contributed by atoms with van der Waals surface area (Å²) in [4.78, 5) is 12.8. The van der Waals surface area contributed by atoms with Gasteiger partial charge in [0.1, 0.15) is 22.8 Å². The fraction of sp³-hybridized carbons (Fsp3) is 0.350. The molecule has 1 heterocycles. The Kier molecular flexibility index (Phi) is 4.57. The highest BCUT2D eigenvalue weighted by Gasteiger charge is 2.35. The number of rotatable bonds is 4. The Morgan fingerprint density at radius 3 is 2.64 bits per heavy atom. The van der Waals surface area contributed by atoms with E-state index in [1.807, 2.05) is 44.2 Å². The number of nitrogens with one attached hydrogen (secondary N) is 1. The molecule has 5 nitrogen and oxygen atoms in total. The van der Waals surface area contributed by atoms with Gasteiger partial charge in [-0.2, -0.15) is 0 Å². The van der Waals surface area contributed by atoms with Crippen molar-refractivity contribution in [1.29, 1.82) is 0 Å². The average Bonchev–Trinajstić information content (AvgIpc) is 2.60. The molecule has 1 aliphatic heterocycles. The first-order valence-electron chi connectivity index (χ1n) is 8.24. The van der Waals surface area contributed by atoms with E-state index in [2.05, 4.69) is 5.32 Å². The molecule has 2 aromatic rings. The Balaban J connectivity index is 1.93. The number of benzene rings is 2. The Labute approximate surface area is 147 Å². The summed E-state index contributed by atoms with van der Waals surface area (Å²) in [5.74, 6) is 1.88. The lowest BCUT2D eigenvalue weighted by molar-refractivity contribution is 0.0617. The van der Waals surface area contributed by atoms with E-state index in [0.717, 1.165) is 17.1 Å². The number of carbonyl (C=O) groups excluding carboxylic acids is 1. The summed E-state index contributed by atoms with van der Waals surface area (Å²) in [6, 6.07) is 12.7. The SMILES string of the molecule is COc1ccc2c(c1)[C@H](NC(=O)c1ccccc1OC)CC(C)(C)O2. The smallest absolute Gasteiger partial charge is 0.255 e. The summed E-state index contributed by atoms with van der Waals surface area (Å²) in [5, 5.41) is 3.12. The monoisotopic (exact) mass is 341 g/mol. The normalized spacial score (nSPS) is 17.8. The van der Waals surface area contributed by atoms with Crippen LogP contribution in [0.4, 0.5) is 0 Å². The molecular weight excluding hydrogens is 318 g/mol. The topological polar surface area (TPSA) is 56.8 Å². The van der Waals surface area contributed by atoms with Crippen LogP contribution in [0.1, 0.15) is 42.2 Å². The van der Waals surface area contributed by atoms with E-state index in [-0.39, 0.29) is 17.6 Å². The van der Waals surface area contributed by atoms with Crippen LogP contribution >= 0.6 is 0 Å². The van der Waals surface area contributed by atoms with Crippen molar-refractivity contribution in [3.8, 4) is 17.2 Å². The van der Waals surface area contributed by atoms with E-state index < -0.39 is 0 Å². The zero-order valence-corrected chi connectivity index (χ0v) is 15.0. The van der Waals surface area contributed by atoms with Crippen LogP contribution < -0.4 is 19.5 Å². The molecule has 1 amide bonds. The maximum absolute atomic E-state index is 12.8. The first-order valence-corrected chi connectivity index (χ1v) is 8.24. The van der Waals surface area contributed by atoms with E-state index >= 15 is 0 Å². The molecule has 5 heteroatoms. The molecule has 0 spiro atoms. The standard InChI is InChI=1S/C20H23NO4/c1-20(2)12-16(15-11-13(23-3)9-10-18(15)25-20)21-19(22)14-7-5-6-8-17(14)24-4/h5-11,16H,12H2,1-4H3,(H,21,22)/t16-/m1/s1. The predicted molar refractivity (Wildman–Crippen MR) is 95.5 cm³/mol. The third-order valence-electron chi connectivity index (χ3n) is 4.33. The highest BCUT2D eigenvalue weighted by atomic mass is 16.5. The Bertz CT molecular complexity index is 785. The van der Waals surface area contributed by atoms with Gasteiger partial charge in [0, 0.05) is 12.0 Å². The Hall–Kier alpha value is -2.69. The van der Waals surface area contributed by atoms with Gasteiger partial charge in [-0.15, -0.1) is 0 Å². The van der Waals surface area contributed by atoms with Crippen LogP contribution in [0.3, 0.4) is 0 Å². The number of para-hydroxylation sites is 1. The summed E-state index contributed by atoms with van der Waals surface area (Å²) in [5.41, 5.74) is 1.06. The molecule has 3 rings (SSSR count). The highest BCUT2D eigenvalue weighted by molar-refractivity contribution is 5.97. The zero-order valence-electron chi connectivity index (χ0n) is 15.0. The van der Waals surface area contributed by atoms with Gasteiger partial charge in [0.05, 0.1) is 25.8 Å². The largest absolute Gasteiger partial charge is 0.497 e. The van der Waals surface area contributed by atoms with Crippen LogP contribution in [0.15, 0.2) is 42.5 Å². The lowest BCUT2D eigenvalue weighted by Crippen LogP contribution is -2.41. The summed E-state index contributed by atoms with van der Waals surface area (Å²) < 4.78 is 16.7. The van der Waals surface area contributed by atoms with Crippen molar-refractivity contribution in [2.24, 2.45) is 0 Å². The zero-order chi connectivity index (χ0) is 18.0. The minimum Gasteiger partial charge on any atom is -0.497 e. The second-order valence-corrected chi connectivity index (χ2v) is 6.70. The van der Waals surface area contributed by atoms with Gasteiger partial charge in [0.25, 0.3) is 5.91 Å². The van der Waals surface area contributed by atoms with Crippen LogP contribution in [0, 0.1) is 0 Å². The Morgan fingerprint density at radius 1 is 1.16 bits per heavy atom. The number of hydrogen-bond acceptors (Lipinski definition) is 4. The van der Waals surface area contributed by atoms with Crippen molar-refractivity contribution in [3.05, 3.63) is 53.6 Å². The molecule has 0 aliphatic carbocycles. The second kappa shape index (κ2) is 6.67. The van der Waals surface area contributed by atoms with Gasteiger partial charge >= 0.3 is 0 Å². The summed E-state index contributed by atoms with van der Waals surface area (Å²) in [7, 11) is 3.18. The maximum atomic E-state index is 12.8.